The number of hydrogen-bond donors (Lipinski definition) is 2. The first-order chi connectivity index (χ1) is 6.13. The highest BCUT2D eigenvalue weighted by atomic mass is 35.5. The van der Waals surface area contributed by atoms with Crippen molar-refractivity contribution >= 4 is 30.6 Å². The number of allylic oxidation sites excluding steroid dienone is 3. The van der Waals surface area contributed by atoms with Gasteiger partial charge >= 0.3 is 0 Å². The summed E-state index contributed by atoms with van der Waals surface area (Å²) in [7, 11) is 0. The molecule has 0 aromatic rings. The summed E-state index contributed by atoms with van der Waals surface area (Å²) in [5.74, 6) is 0.944. The van der Waals surface area contributed by atoms with Crippen molar-refractivity contribution in [3.8, 4) is 0 Å². The van der Waals surface area contributed by atoms with Gasteiger partial charge in [0.2, 0.25) is 6.41 Å². The van der Waals surface area contributed by atoms with Gasteiger partial charge in [0.05, 0.1) is 10.7 Å². The van der Waals surface area contributed by atoms with Gasteiger partial charge in [0, 0.05) is 0 Å². The Morgan fingerprint density at radius 1 is 1.69 bits per heavy atom. The van der Waals surface area contributed by atoms with Crippen LogP contribution in [0.1, 0.15) is 6.92 Å². The van der Waals surface area contributed by atoms with Crippen LogP contribution in [0.3, 0.4) is 0 Å². The number of rotatable bonds is 4. The number of carbonyl (C=O) groups is 1. The third-order valence-electron chi connectivity index (χ3n) is 0.791. The van der Waals surface area contributed by atoms with Crippen molar-refractivity contribution in [3.05, 3.63) is 36.0 Å². The molecule has 74 valence electrons. The second kappa shape index (κ2) is 11.3. The average molecular weight is 220 g/mol. The van der Waals surface area contributed by atoms with Crippen molar-refractivity contribution in [2.75, 3.05) is 5.75 Å². The van der Waals surface area contributed by atoms with Crippen molar-refractivity contribution in [2.24, 2.45) is 0 Å². The first-order valence-corrected chi connectivity index (χ1v) is 4.63. The molecule has 4 heteroatoms. The summed E-state index contributed by atoms with van der Waals surface area (Å²) in [4.78, 5) is 9.91. The summed E-state index contributed by atoms with van der Waals surface area (Å²) in [5.41, 5.74) is 0.465. The van der Waals surface area contributed by atoms with Crippen LogP contribution in [0.15, 0.2) is 36.0 Å². The van der Waals surface area contributed by atoms with Crippen LogP contribution in [-0.4, -0.2) is 12.2 Å². The first kappa shape index (κ1) is 14.8. The Morgan fingerprint density at radius 3 is 2.38 bits per heavy atom. The molecule has 0 aliphatic rings. The lowest BCUT2D eigenvalue weighted by Gasteiger charge is -1.99. The van der Waals surface area contributed by atoms with E-state index < -0.39 is 0 Å². The van der Waals surface area contributed by atoms with E-state index in [0.717, 1.165) is 5.75 Å². The molecule has 0 heterocycles. The molecule has 0 spiro atoms. The van der Waals surface area contributed by atoms with Gasteiger partial charge in [-0.2, -0.15) is 12.6 Å². The van der Waals surface area contributed by atoms with Crippen LogP contribution >= 0.6 is 24.2 Å². The van der Waals surface area contributed by atoms with Crippen LogP contribution < -0.4 is 5.32 Å². The Bertz CT molecular complexity index is 202. The van der Waals surface area contributed by atoms with Crippen molar-refractivity contribution in [3.63, 3.8) is 0 Å². The van der Waals surface area contributed by atoms with Crippen LogP contribution in [0.2, 0.25) is 0 Å². The van der Waals surface area contributed by atoms with E-state index >= 15 is 0 Å². The summed E-state index contributed by atoms with van der Waals surface area (Å²) in [6, 6.07) is 0. The van der Waals surface area contributed by atoms with Crippen molar-refractivity contribution in [1.82, 2.24) is 5.32 Å². The van der Waals surface area contributed by atoms with Crippen LogP contribution in [-0.2, 0) is 4.79 Å². The zero-order chi connectivity index (χ0) is 10.7. The molecule has 0 rings (SSSR count). The maximum atomic E-state index is 9.91. The molecule has 2 nitrogen and oxygen atoms in total. The van der Waals surface area contributed by atoms with Gasteiger partial charge in [-0.25, -0.2) is 0 Å². The zero-order valence-corrected chi connectivity index (χ0v) is 9.24. The van der Waals surface area contributed by atoms with Crippen molar-refractivity contribution in [2.45, 2.75) is 6.92 Å². The van der Waals surface area contributed by atoms with Crippen molar-refractivity contribution < 1.29 is 4.79 Å². The maximum absolute atomic E-state index is 9.91. The van der Waals surface area contributed by atoms with Gasteiger partial charge in [-0.05, 0) is 11.8 Å². The molecule has 0 aromatic carbocycles. The van der Waals surface area contributed by atoms with E-state index in [1.807, 2.05) is 6.92 Å². The number of carbonyl (C=O) groups excluding carboxylic acids is 1. The lowest BCUT2D eigenvalue weighted by Crippen LogP contribution is -2.09. The summed E-state index contributed by atoms with van der Waals surface area (Å²) < 4.78 is 0. The molecular formula is C9H14ClNOS. The SMILES string of the molecule is C=C/C=C(/NC=O)C(=C)Cl.CCS. The zero-order valence-electron chi connectivity index (χ0n) is 7.59. The molecular weight excluding hydrogens is 206 g/mol. The van der Waals surface area contributed by atoms with E-state index in [1.165, 1.54) is 6.08 Å². The number of hydrogen-bond acceptors (Lipinski definition) is 2. The summed E-state index contributed by atoms with van der Waals surface area (Å²) >= 11 is 9.26. The molecule has 0 radical (unpaired) electrons. The molecule has 0 fully saturated rings. The molecule has 1 N–H and O–H groups in total. The molecule has 0 saturated carbocycles. The predicted octanol–water partition coefficient (Wildman–Crippen LogP) is 2.49. The second-order valence-electron chi connectivity index (χ2n) is 1.80. The smallest absolute Gasteiger partial charge is 0.211 e. The molecule has 0 atom stereocenters. The normalized spacial score (nSPS) is 9.31. The van der Waals surface area contributed by atoms with Gasteiger partial charge in [-0.3, -0.25) is 4.79 Å². The van der Waals surface area contributed by atoms with Crippen molar-refractivity contribution in [1.29, 1.82) is 0 Å². The van der Waals surface area contributed by atoms with Gasteiger partial charge in [0.1, 0.15) is 0 Å². The van der Waals surface area contributed by atoms with E-state index in [-0.39, 0.29) is 5.03 Å². The lowest BCUT2D eigenvalue weighted by atomic mass is 10.4. The predicted molar refractivity (Wildman–Crippen MR) is 62.0 cm³/mol. The average Bonchev–Trinajstić information content (AvgIpc) is 2.05. The lowest BCUT2D eigenvalue weighted by molar-refractivity contribution is -0.108. The number of amides is 1. The number of nitrogens with one attached hydrogen (secondary N) is 1. The minimum atomic E-state index is 0.284. The highest BCUT2D eigenvalue weighted by Crippen LogP contribution is 2.07. The fourth-order valence-corrected chi connectivity index (χ4v) is 0.516. The summed E-state index contributed by atoms with van der Waals surface area (Å²) in [5, 5.41) is 2.65. The van der Waals surface area contributed by atoms with Crippen LogP contribution in [0.4, 0.5) is 0 Å². The number of thiol groups is 1. The third-order valence-corrected chi connectivity index (χ3v) is 0.995. The fourth-order valence-electron chi connectivity index (χ4n) is 0.398. The largest absolute Gasteiger partial charge is 0.327 e. The van der Waals surface area contributed by atoms with E-state index in [1.54, 1.807) is 6.08 Å². The summed E-state index contributed by atoms with van der Waals surface area (Å²) in [6.45, 7) is 8.84. The number of halogens is 1. The highest BCUT2D eigenvalue weighted by Gasteiger charge is 1.94. The maximum Gasteiger partial charge on any atom is 0.211 e. The highest BCUT2D eigenvalue weighted by molar-refractivity contribution is 7.80. The van der Waals surface area contributed by atoms with Crippen LogP contribution in [0, 0.1) is 0 Å². The molecule has 0 aromatic heterocycles. The Labute approximate surface area is 89.8 Å². The summed E-state index contributed by atoms with van der Waals surface area (Å²) in [6.07, 6.45) is 3.60. The topological polar surface area (TPSA) is 29.1 Å². The molecule has 13 heavy (non-hydrogen) atoms. The Kier molecular flexibility index (Phi) is 12.9. The molecule has 0 aliphatic carbocycles. The minimum Gasteiger partial charge on any atom is -0.327 e. The van der Waals surface area contributed by atoms with Gasteiger partial charge in [-0.1, -0.05) is 37.8 Å². The molecule has 0 aliphatic heterocycles. The third kappa shape index (κ3) is 11.3. The van der Waals surface area contributed by atoms with E-state index in [9.17, 15) is 4.79 Å². The molecule has 0 bridgehead atoms. The standard InChI is InChI=1S/C7H8ClNO.C2H6S/c1-3-4-7(6(2)8)9-5-10;1-2-3/h3-5H,1-2H2,(H,9,10);3H,2H2,1H3/b7-4+;. The first-order valence-electron chi connectivity index (χ1n) is 3.62. The van der Waals surface area contributed by atoms with Gasteiger partial charge < -0.3 is 5.32 Å². The monoisotopic (exact) mass is 219 g/mol. The fraction of sp³-hybridized carbons (Fsp3) is 0.222. The van der Waals surface area contributed by atoms with Gasteiger partial charge in [0.15, 0.2) is 0 Å². The van der Waals surface area contributed by atoms with Gasteiger partial charge in [0.25, 0.3) is 0 Å². The van der Waals surface area contributed by atoms with Gasteiger partial charge in [-0.15, -0.1) is 0 Å². The van der Waals surface area contributed by atoms with E-state index in [2.05, 4.69) is 31.1 Å². The van der Waals surface area contributed by atoms with Crippen LogP contribution in [0.25, 0.3) is 0 Å². The molecule has 0 saturated heterocycles. The quantitative estimate of drug-likeness (QED) is 0.425. The minimum absolute atomic E-state index is 0.284. The van der Waals surface area contributed by atoms with Crippen LogP contribution in [0.5, 0.6) is 0 Å². The van der Waals surface area contributed by atoms with E-state index in [0.29, 0.717) is 12.1 Å². The Hall–Kier alpha value is -0.670. The second-order valence-corrected chi connectivity index (χ2v) is 2.89. The van der Waals surface area contributed by atoms with E-state index in [4.69, 9.17) is 11.6 Å². The molecule has 1 amide bonds. The Balaban J connectivity index is 0. The Morgan fingerprint density at radius 2 is 2.15 bits per heavy atom. The molecule has 0 unspecified atom stereocenters.